The maximum atomic E-state index is 6.40. The zero-order chi connectivity index (χ0) is 16.7. The van der Waals surface area contributed by atoms with Gasteiger partial charge in [0.1, 0.15) is 12.4 Å². The van der Waals surface area contributed by atoms with Crippen LogP contribution in [0.15, 0.2) is 54.9 Å². The minimum absolute atomic E-state index is 0.254. The number of allylic oxidation sites excluding steroid dienone is 1. The summed E-state index contributed by atoms with van der Waals surface area (Å²) in [5, 5.41) is 9.43. The standard InChI is InChI=1S/C17H11Cl3N4/c18-11-6-4-10(5-7-11)14-8-15(24-17(23-14)21-9-22-24)16-12(19)2-1-3-13(16)20/h1-9,15H,(H,21,22,23)/t15-/m0/s1. The summed E-state index contributed by atoms with van der Waals surface area (Å²) in [5.74, 6) is 0.628. The molecule has 0 saturated carbocycles. The van der Waals surface area contributed by atoms with E-state index in [2.05, 4.69) is 15.4 Å². The van der Waals surface area contributed by atoms with E-state index in [0.29, 0.717) is 21.0 Å². The molecule has 4 rings (SSSR count). The molecular formula is C17H11Cl3N4. The van der Waals surface area contributed by atoms with Crippen LogP contribution in [0.1, 0.15) is 17.2 Å². The Kier molecular flexibility index (Phi) is 3.96. The van der Waals surface area contributed by atoms with Gasteiger partial charge in [-0.2, -0.15) is 10.1 Å². The second-order valence-corrected chi connectivity index (χ2v) is 6.57. The van der Waals surface area contributed by atoms with Crippen molar-refractivity contribution in [2.24, 2.45) is 0 Å². The second kappa shape index (κ2) is 6.13. The van der Waals surface area contributed by atoms with Crippen molar-refractivity contribution < 1.29 is 0 Å². The molecule has 1 atom stereocenters. The Morgan fingerprint density at radius 1 is 0.958 bits per heavy atom. The predicted octanol–water partition coefficient (Wildman–Crippen LogP) is 5.29. The molecule has 0 bridgehead atoms. The summed E-state index contributed by atoms with van der Waals surface area (Å²) < 4.78 is 1.76. The van der Waals surface area contributed by atoms with Crippen molar-refractivity contribution in [3.05, 3.63) is 81.1 Å². The Morgan fingerprint density at radius 3 is 2.38 bits per heavy atom. The summed E-state index contributed by atoms with van der Waals surface area (Å²) >= 11 is 18.8. The largest absolute Gasteiger partial charge is 0.324 e. The molecule has 3 aromatic rings. The summed E-state index contributed by atoms with van der Waals surface area (Å²) in [4.78, 5) is 4.27. The van der Waals surface area contributed by atoms with Crippen LogP contribution in [-0.2, 0) is 0 Å². The van der Waals surface area contributed by atoms with Crippen LogP contribution in [0.25, 0.3) is 5.70 Å². The van der Waals surface area contributed by atoms with Crippen LogP contribution in [0.4, 0.5) is 5.95 Å². The number of benzene rings is 2. The number of rotatable bonds is 2. The molecule has 0 aliphatic carbocycles. The Labute approximate surface area is 153 Å². The van der Waals surface area contributed by atoms with E-state index in [9.17, 15) is 0 Å². The Morgan fingerprint density at radius 2 is 1.67 bits per heavy atom. The number of aromatic nitrogens is 3. The molecule has 4 nitrogen and oxygen atoms in total. The molecule has 7 heteroatoms. The van der Waals surface area contributed by atoms with Gasteiger partial charge in [0.05, 0.1) is 0 Å². The van der Waals surface area contributed by atoms with Gasteiger partial charge in [0.2, 0.25) is 5.95 Å². The van der Waals surface area contributed by atoms with Crippen LogP contribution in [0, 0.1) is 0 Å². The number of nitrogens with zero attached hydrogens (tertiary/aromatic N) is 3. The van der Waals surface area contributed by atoms with E-state index in [0.717, 1.165) is 16.8 Å². The first-order valence-electron chi connectivity index (χ1n) is 7.21. The van der Waals surface area contributed by atoms with Crippen LogP contribution in [0.2, 0.25) is 15.1 Å². The Hall–Kier alpha value is -2.01. The summed E-state index contributed by atoms with van der Waals surface area (Å²) in [6, 6.07) is 12.8. The van der Waals surface area contributed by atoms with Crippen molar-refractivity contribution in [3.63, 3.8) is 0 Å². The van der Waals surface area contributed by atoms with Gasteiger partial charge in [0.15, 0.2) is 0 Å². The lowest BCUT2D eigenvalue weighted by atomic mass is 10.0. The van der Waals surface area contributed by atoms with E-state index >= 15 is 0 Å². The predicted molar refractivity (Wildman–Crippen MR) is 97.7 cm³/mol. The smallest absolute Gasteiger partial charge is 0.226 e. The molecule has 1 N–H and O–H groups in total. The molecular weight excluding hydrogens is 367 g/mol. The molecule has 0 unspecified atom stereocenters. The quantitative estimate of drug-likeness (QED) is 0.659. The van der Waals surface area contributed by atoms with E-state index in [4.69, 9.17) is 34.8 Å². The first-order chi connectivity index (χ1) is 11.6. The minimum Gasteiger partial charge on any atom is -0.324 e. The highest BCUT2D eigenvalue weighted by Crippen LogP contribution is 2.38. The zero-order valence-electron chi connectivity index (χ0n) is 12.2. The monoisotopic (exact) mass is 376 g/mol. The highest BCUT2D eigenvalue weighted by molar-refractivity contribution is 6.36. The van der Waals surface area contributed by atoms with Gasteiger partial charge in [-0.1, -0.05) is 53.0 Å². The van der Waals surface area contributed by atoms with Gasteiger partial charge in [0, 0.05) is 26.3 Å². The molecule has 0 saturated heterocycles. The molecule has 1 aromatic heterocycles. The van der Waals surface area contributed by atoms with Crippen LogP contribution in [-0.4, -0.2) is 14.8 Å². The van der Waals surface area contributed by atoms with Crippen molar-refractivity contribution >= 4 is 46.4 Å². The van der Waals surface area contributed by atoms with Gasteiger partial charge in [-0.05, 0) is 35.9 Å². The normalized spacial score (nSPS) is 16.3. The molecule has 2 aromatic carbocycles. The Bertz CT molecular complexity index is 911. The minimum atomic E-state index is -0.254. The molecule has 0 radical (unpaired) electrons. The first kappa shape index (κ1) is 15.5. The van der Waals surface area contributed by atoms with Gasteiger partial charge in [-0.3, -0.25) is 0 Å². The van der Waals surface area contributed by atoms with Crippen molar-refractivity contribution in [3.8, 4) is 0 Å². The molecule has 120 valence electrons. The molecule has 1 aliphatic heterocycles. The van der Waals surface area contributed by atoms with E-state index < -0.39 is 0 Å². The molecule has 0 amide bonds. The van der Waals surface area contributed by atoms with E-state index in [-0.39, 0.29) is 6.04 Å². The van der Waals surface area contributed by atoms with E-state index in [1.807, 2.05) is 48.5 Å². The number of fused-ring (bicyclic) bond motifs is 1. The first-order valence-corrected chi connectivity index (χ1v) is 8.35. The summed E-state index contributed by atoms with van der Waals surface area (Å²) in [7, 11) is 0. The maximum Gasteiger partial charge on any atom is 0.226 e. The third-order valence-electron chi connectivity index (χ3n) is 3.86. The van der Waals surface area contributed by atoms with Gasteiger partial charge in [-0.25, -0.2) is 4.68 Å². The van der Waals surface area contributed by atoms with Gasteiger partial charge in [-0.15, -0.1) is 0 Å². The van der Waals surface area contributed by atoms with Crippen LogP contribution in [0.5, 0.6) is 0 Å². The molecule has 1 aliphatic rings. The second-order valence-electron chi connectivity index (χ2n) is 5.32. The average molecular weight is 378 g/mol. The molecule has 2 heterocycles. The van der Waals surface area contributed by atoms with Gasteiger partial charge in [0.25, 0.3) is 0 Å². The summed E-state index contributed by atoms with van der Waals surface area (Å²) in [6.45, 7) is 0. The third kappa shape index (κ3) is 2.67. The highest BCUT2D eigenvalue weighted by atomic mass is 35.5. The number of anilines is 1. The zero-order valence-corrected chi connectivity index (χ0v) is 14.5. The summed E-state index contributed by atoms with van der Waals surface area (Å²) in [6.07, 6.45) is 3.52. The fraction of sp³-hybridized carbons (Fsp3) is 0.0588. The lowest BCUT2D eigenvalue weighted by molar-refractivity contribution is 0.612. The molecule has 24 heavy (non-hydrogen) atoms. The van der Waals surface area contributed by atoms with E-state index in [1.165, 1.54) is 6.33 Å². The van der Waals surface area contributed by atoms with Crippen LogP contribution < -0.4 is 5.32 Å². The number of hydrogen-bond acceptors (Lipinski definition) is 3. The lowest BCUT2D eigenvalue weighted by Crippen LogP contribution is -2.20. The topological polar surface area (TPSA) is 42.7 Å². The Balaban J connectivity index is 1.87. The highest BCUT2D eigenvalue weighted by Gasteiger charge is 2.26. The van der Waals surface area contributed by atoms with Crippen LogP contribution in [0.3, 0.4) is 0 Å². The average Bonchev–Trinajstić information content (AvgIpc) is 3.04. The van der Waals surface area contributed by atoms with Crippen molar-refractivity contribution in [2.45, 2.75) is 6.04 Å². The molecule has 0 spiro atoms. The van der Waals surface area contributed by atoms with Crippen LogP contribution >= 0.6 is 34.8 Å². The maximum absolute atomic E-state index is 6.40. The van der Waals surface area contributed by atoms with Crippen molar-refractivity contribution in [1.82, 2.24) is 14.8 Å². The van der Waals surface area contributed by atoms with Crippen molar-refractivity contribution in [1.29, 1.82) is 0 Å². The number of halogens is 3. The van der Waals surface area contributed by atoms with Gasteiger partial charge < -0.3 is 5.32 Å². The molecule has 0 fully saturated rings. The summed E-state index contributed by atoms with van der Waals surface area (Å²) in [5.41, 5.74) is 2.68. The SMILES string of the molecule is Clc1ccc(C2=C[C@@H](c3c(Cl)cccc3Cl)n3ncnc3N2)cc1. The van der Waals surface area contributed by atoms with E-state index in [1.54, 1.807) is 4.68 Å². The lowest BCUT2D eigenvalue weighted by Gasteiger charge is -2.25. The third-order valence-corrected chi connectivity index (χ3v) is 4.77. The van der Waals surface area contributed by atoms with Gasteiger partial charge >= 0.3 is 0 Å². The fourth-order valence-corrected chi connectivity index (χ4v) is 3.48. The number of nitrogens with one attached hydrogen (secondary N) is 1. The number of hydrogen-bond donors (Lipinski definition) is 1. The van der Waals surface area contributed by atoms with Crippen molar-refractivity contribution in [2.75, 3.05) is 5.32 Å². The fourth-order valence-electron chi connectivity index (χ4n) is 2.73.